The summed E-state index contributed by atoms with van der Waals surface area (Å²) in [6.45, 7) is 9.15. The minimum atomic E-state index is -1.77. The van der Waals surface area contributed by atoms with Crippen LogP contribution in [0.5, 0.6) is 0 Å². The van der Waals surface area contributed by atoms with E-state index < -0.39 is 35.4 Å². The highest BCUT2D eigenvalue weighted by molar-refractivity contribution is 5.97. The lowest BCUT2D eigenvalue weighted by Gasteiger charge is -2.54. The lowest BCUT2D eigenvalue weighted by atomic mass is 9.79. The Hall–Kier alpha value is -3.53. The van der Waals surface area contributed by atoms with Crippen molar-refractivity contribution < 1.29 is 25.0 Å². The number of nitrogens with one attached hydrogen (secondary N) is 2. The molecule has 0 aromatic heterocycles. The van der Waals surface area contributed by atoms with Gasteiger partial charge in [-0.3, -0.25) is 5.21 Å². The summed E-state index contributed by atoms with van der Waals surface area (Å²) in [4.78, 5) is 15.0. The predicted octanol–water partition coefficient (Wildman–Crippen LogP) is 1.21. The third kappa shape index (κ3) is 2.87. The molecule has 3 fully saturated rings. The molecule has 9 nitrogen and oxygen atoms in total. The third-order valence-corrected chi connectivity index (χ3v) is 7.22. The zero-order valence-electron chi connectivity index (χ0n) is 18.8. The van der Waals surface area contributed by atoms with Crippen LogP contribution >= 0.6 is 0 Å². The van der Waals surface area contributed by atoms with Gasteiger partial charge < -0.3 is 30.5 Å². The number of nitrogens with zero attached hydrogens (tertiary/aromatic N) is 2. The van der Waals surface area contributed by atoms with Gasteiger partial charge >= 0.3 is 5.97 Å². The fraction of sp³-hybridized carbons (Fsp3) is 0.320. The van der Waals surface area contributed by atoms with Crippen LogP contribution in [0.3, 0.4) is 0 Å². The highest BCUT2D eigenvalue weighted by Gasteiger charge is 2.75. The normalized spacial score (nSPS) is 32.1. The number of carbonyl (C=O) groups excluding carboxylic acids is 1. The highest BCUT2D eigenvalue weighted by atomic mass is 16.6. The maximum absolute atomic E-state index is 13.4. The van der Waals surface area contributed by atoms with E-state index in [0.717, 1.165) is 10.6 Å². The largest absolute Gasteiger partial charge is 0.454 e. The highest BCUT2D eigenvalue weighted by Crippen LogP contribution is 2.52. The first-order valence-corrected chi connectivity index (χ1v) is 11.1. The van der Waals surface area contributed by atoms with Crippen molar-refractivity contribution >= 4 is 5.97 Å². The second-order valence-corrected chi connectivity index (χ2v) is 9.05. The van der Waals surface area contributed by atoms with Crippen LogP contribution in [0.25, 0.3) is 11.1 Å². The van der Waals surface area contributed by atoms with Gasteiger partial charge in [0.2, 0.25) is 0 Å². The molecule has 3 aliphatic heterocycles. The lowest BCUT2D eigenvalue weighted by molar-refractivity contribution is -0.250. The summed E-state index contributed by atoms with van der Waals surface area (Å²) in [6.07, 6.45) is -1.02. The lowest BCUT2D eigenvalue weighted by Crippen LogP contribution is -2.78. The quantitative estimate of drug-likeness (QED) is 0.426. The number of aliphatic hydroxyl groups is 2. The van der Waals surface area contributed by atoms with Gasteiger partial charge in [0.25, 0.3) is 0 Å². The van der Waals surface area contributed by atoms with Gasteiger partial charge in [-0.25, -0.2) is 9.86 Å². The molecule has 34 heavy (non-hydrogen) atoms. The summed E-state index contributed by atoms with van der Waals surface area (Å²) in [7, 11) is 0. The monoisotopic (exact) mass is 464 g/mol. The van der Waals surface area contributed by atoms with E-state index in [2.05, 4.69) is 23.8 Å². The molecule has 3 saturated heterocycles. The van der Waals surface area contributed by atoms with Gasteiger partial charge in [-0.05, 0) is 24.1 Å². The standard InChI is InChI=1S/C25H28N4O5/c1-15-26-20(14-30)22-25(29(33)16(2)27-22)24(3,32)21(13-28(15)25)34-23(31)19-12-8-7-11-18(19)17-9-5-4-6-10-17/h4-12,20-22,26-27,30,32-33H,1-2,13-14H2,3H3/t20?,21-,22?,24-,25?/m0/s1. The van der Waals surface area contributed by atoms with Crippen molar-refractivity contribution in [3.63, 3.8) is 0 Å². The first kappa shape index (κ1) is 22.3. The Balaban J connectivity index is 1.51. The SMILES string of the molecule is C=C1NC2C(CO)NC(=C)N3C[C@H](OC(=O)c4ccccc4-c4ccccc4)[C@](C)(O)C23N1O. The molecular formula is C25H28N4O5. The van der Waals surface area contributed by atoms with Gasteiger partial charge in [-0.15, -0.1) is 0 Å². The number of esters is 1. The molecule has 0 radical (unpaired) electrons. The first-order chi connectivity index (χ1) is 16.2. The molecule has 0 saturated carbocycles. The van der Waals surface area contributed by atoms with Gasteiger partial charge in [0.15, 0.2) is 11.8 Å². The van der Waals surface area contributed by atoms with Crippen LogP contribution in [0.1, 0.15) is 17.3 Å². The maximum atomic E-state index is 13.4. The summed E-state index contributed by atoms with van der Waals surface area (Å²) in [5.41, 5.74) is -1.32. The molecule has 0 aliphatic carbocycles. The van der Waals surface area contributed by atoms with Gasteiger partial charge in [0.1, 0.15) is 11.4 Å². The Labute approximate surface area is 197 Å². The van der Waals surface area contributed by atoms with E-state index in [0.29, 0.717) is 16.9 Å². The number of hydrogen-bond donors (Lipinski definition) is 5. The summed E-state index contributed by atoms with van der Waals surface area (Å²) >= 11 is 0. The number of benzene rings is 2. The topological polar surface area (TPSA) is 118 Å². The van der Waals surface area contributed by atoms with Crippen LogP contribution in [0.15, 0.2) is 79.4 Å². The Bertz CT molecular complexity index is 1150. The van der Waals surface area contributed by atoms with Crippen molar-refractivity contribution in [1.29, 1.82) is 0 Å². The molecule has 178 valence electrons. The zero-order valence-corrected chi connectivity index (χ0v) is 18.8. The fourth-order valence-electron chi connectivity index (χ4n) is 5.58. The first-order valence-electron chi connectivity index (χ1n) is 11.1. The van der Waals surface area contributed by atoms with Crippen LogP contribution in [0, 0.1) is 0 Å². The van der Waals surface area contributed by atoms with E-state index in [9.17, 15) is 20.2 Å². The molecule has 1 spiro atoms. The number of aliphatic hydroxyl groups excluding tert-OH is 1. The van der Waals surface area contributed by atoms with Crippen molar-refractivity contribution in [3.8, 4) is 11.1 Å². The molecule has 3 heterocycles. The fourth-order valence-corrected chi connectivity index (χ4v) is 5.58. The number of ether oxygens (including phenoxy) is 1. The Morgan fingerprint density at radius 1 is 1.12 bits per heavy atom. The van der Waals surface area contributed by atoms with Crippen molar-refractivity contribution in [2.45, 2.75) is 36.4 Å². The molecule has 0 amide bonds. The van der Waals surface area contributed by atoms with Crippen LogP contribution in [0.4, 0.5) is 0 Å². The molecular weight excluding hydrogens is 436 g/mol. The van der Waals surface area contributed by atoms with Crippen molar-refractivity contribution in [2.75, 3.05) is 13.2 Å². The van der Waals surface area contributed by atoms with E-state index >= 15 is 0 Å². The van der Waals surface area contributed by atoms with Crippen molar-refractivity contribution in [3.05, 3.63) is 85.0 Å². The van der Waals surface area contributed by atoms with Gasteiger partial charge in [-0.1, -0.05) is 61.7 Å². The molecule has 5 atom stereocenters. The van der Waals surface area contributed by atoms with E-state index in [1.54, 1.807) is 17.0 Å². The van der Waals surface area contributed by atoms with E-state index in [1.807, 2.05) is 42.5 Å². The molecule has 2 aromatic rings. The van der Waals surface area contributed by atoms with Crippen LogP contribution in [-0.4, -0.2) is 74.0 Å². The Morgan fingerprint density at radius 3 is 2.50 bits per heavy atom. The number of rotatable bonds is 4. The molecule has 9 heteroatoms. The molecule has 5 N–H and O–H groups in total. The number of hydroxylamine groups is 2. The summed E-state index contributed by atoms with van der Waals surface area (Å²) in [5, 5.41) is 39.9. The van der Waals surface area contributed by atoms with Gasteiger partial charge in [-0.2, -0.15) is 0 Å². The Kier molecular flexibility index (Phi) is 5.09. The minimum Gasteiger partial charge on any atom is -0.454 e. The summed E-state index contributed by atoms with van der Waals surface area (Å²) in [6, 6.07) is 15.4. The minimum absolute atomic E-state index is 0.0682. The van der Waals surface area contributed by atoms with Crippen molar-refractivity contribution in [2.24, 2.45) is 0 Å². The van der Waals surface area contributed by atoms with E-state index in [4.69, 9.17) is 4.74 Å². The van der Waals surface area contributed by atoms with E-state index in [-0.39, 0.29) is 19.0 Å². The predicted molar refractivity (Wildman–Crippen MR) is 124 cm³/mol. The second-order valence-electron chi connectivity index (χ2n) is 9.05. The van der Waals surface area contributed by atoms with Gasteiger partial charge in [0, 0.05) is 0 Å². The molecule has 3 aliphatic rings. The Morgan fingerprint density at radius 2 is 1.79 bits per heavy atom. The maximum Gasteiger partial charge on any atom is 0.339 e. The average Bonchev–Trinajstić information content (AvgIpc) is 3.25. The number of hydrogen-bond acceptors (Lipinski definition) is 9. The molecule has 0 bridgehead atoms. The summed E-state index contributed by atoms with van der Waals surface area (Å²) in [5.74, 6) is -0.0509. The molecule has 2 aromatic carbocycles. The number of carbonyl (C=O) groups is 1. The zero-order chi connectivity index (χ0) is 24.3. The smallest absolute Gasteiger partial charge is 0.339 e. The molecule has 3 unspecified atom stereocenters. The van der Waals surface area contributed by atoms with Crippen LogP contribution < -0.4 is 10.6 Å². The molecule has 5 rings (SSSR count). The second kappa shape index (κ2) is 7.76. The van der Waals surface area contributed by atoms with Gasteiger partial charge in [0.05, 0.1) is 36.6 Å². The van der Waals surface area contributed by atoms with Crippen LogP contribution in [-0.2, 0) is 4.74 Å². The van der Waals surface area contributed by atoms with E-state index in [1.165, 1.54) is 6.92 Å². The van der Waals surface area contributed by atoms with Crippen LogP contribution in [0.2, 0.25) is 0 Å². The average molecular weight is 465 g/mol. The van der Waals surface area contributed by atoms with Crippen molar-refractivity contribution in [1.82, 2.24) is 20.6 Å². The third-order valence-electron chi connectivity index (χ3n) is 7.22. The summed E-state index contributed by atoms with van der Waals surface area (Å²) < 4.78 is 5.91.